The summed E-state index contributed by atoms with van der Waals surface area (Å²) < 4.78 is 66.4. The lowest BCUT2D eigenvalue weighted by molar-refractivity contribution is 0.477. The normalized spacial score (nSPS) is 12.2. The van der Waals surface area contributed by atoms with Gasteiger partial charge in [-0.2, -0.15) is 16.8 Å². The maximum atomic E-state index is 12.4. The van der Waals surface area contributed by atoms with Crippen molar-refractivity contribution in [1.29, 1.82) is 0 Å². The van der Waals surface area contributed by atoms with Gasteiger partial charge in [0.05, 0.1) is 10.6 Å². The summed E-state index contributed by atoms with van der Waals surface area (Å²) in [6, 6.07) is 12.1. The van der Waals surface area contributed by atoms with E-state index in [1.807, 2.05) is 30.3 Å². The van der Waals surface area contributed by atoms with E-state index in [4.69, 9.17) is 0 Å². The number of hydrogen-bond acceptors (Lipinski definition) is 5. The van der Waals surface area contributed by atoms with Crippen molar-refractivity contribution in [1.82, 2.24) is 9.78 Å². The maximum absolute atomic E-state index is 12.4. The van der Waals surface area contributed by atoms with Gasteiger partial charge in [0.1, 0.15) is 4.90 Å². The minimum Gasteiger partial charge on any atom is -0.295 e. The highest BCUT2D eigenvalue weighted by atomic mass is 32.2. The van der Waals surface area contributed by atoms with E-state index in [0.717, 1.165) is 22.4 Å². The first kappa shape index (κ1) is 20.0. The fourth-order valence-electron chi connectivity index (χ4n) is 2.84. The van der Waals surface area contributed by atoms with Crippen molar-refractivity contribution in [3.8, 4) is 5.69 Å². The molecule has 0 saturated heterocycles. The van der Waals surface area contributed by atoms with Gasteiger partial charge >= 0.3 is 0 Å². The minimum absolute atomic E-state index is 0.108. The van der Waals surface area contributed by atoms with Crippen LogP contribution in [0.2, 0.25) is 0 Å². The van der Waals surface area contributed by atoms with Gasteiger partial charge in [-0.3, -0.25) is 19.0 Å². The average Bonchev–Trinajstić information content (AvgIpc) is 2.94. The summed E-state index contributed by atoms with van der Waals surface area (Å²) in [4.78, 5) is 11.1. The van der Waals surface area contributed by atoms with Crippen LogP contribution in [0.1, 0.15) is 16.8 Å². The third-order valence-electron chi connectivity index (χ3n) is 4.06. The van der Waals surface area contributed by atoms with Crippen LogP contribution in [-0.4, -0.2) is 35.7 Å². The summed E-state index contributed by atoms with van der Waals surface area (Å²) in [5.41, 5.74) is 0.119. The molecule has 2 aromatic carbocycles. The van der Waals surface area contributed by atoms with Crippen molar-refractivity contribution >= 4 is 20.2 Å². The van der Waals surface area contributed by atoms with Gasteiger partial charge in [-0.25, -0.2) is 4.68 Å². The highest BCUT2D eigenvalue weighted by Crippen LogP contribution is 2.26. The Kier molecular flexibility index (Phi) is 5.02. The van der Waals surface area contributed by atoms with Crippen molar-refractivity contribution in [2.45, 2.75) is 23.1 Å². The summed E-state index contributed by atoms with van der Waals surface area (Å²) >= 11 is 0. The first-order chi connectivity index (χ1) is 13.0. The van der Waals surface area contributed by atoms with Crippen molar-refractivity contribution in [2.24, 2.45) is 0 Å². The van der Waals surface area contributed by atoms with Crippen molar-refractivity contribution in [3.05, 3.63) is 75.7 Å². The molecule has 0 aliphatic rings. The second-order valence-electron chi connectivity index (χ2n) is 6.15. The van der Waals surface area contributed by atoms with Gasteiger partial charge in [-0.05, 0) is 30.2 Å². The molecule has 0 aliphatic heterocycles. The SMILES string of the molecule is Cc1cc(S(=O)(=O)O)c(-n2[nH]c(Cc3ccccc3)cc2=O)cc1S(=O)(=O)O. The highest BCUT2D eigenvalue weighted by molar-refractivity contribution is 7.86. The van der Waals surface area contributed by atoms with Crippen LogP contribution in [0.3, 0.4) is 0 Å². The quantitative estimate of drug-likeness (QED) is 0.527. The number of rotatable bonds is 5. The van der Waals surface area contributed by atoms with E-state index in [0.29, 0.717) is 12.1 Å². The number of aromatic amines is 1. The molecule has 3 aromatic rings. The zero-order valence-corrected chi connectivity index (χ0v) is 16.2. The van der Waals surface area contributed by atoms with Crippen molar-refractivity contribution in [3.63, 3.8) is 0 Å². The zero-order valence-electron chi connectivity index (χ0n) is 14.5. The topological polar surface area (TPSA) is 147 Å². The maximum Gasteiger partial charge on any atom is 0.296 e. The van der Waals surface area contributed by atoms with Gasteiger partial charge in [-0.1, -0.05) is 30.3 Å². The van der Waals surface area contributed by atoms with Gasteiger partial charge in [0, 0.05) is 18.2 Å². The molecule has 0 radical (unpaired) electrons. The van der Waals surface area contributed by atoms with Gasteiger partial charge in [0.15, 0.2) is 0 Å². The fraction of sp³-hybridized carbons (Fsp3) is 0.118. The predicted octanol–water partition coefficient (Wildman–Crippen LogP) is 1.56. The van der Waals surface area contributed by atoms with Crippen LogP contribution in [0.15, 0.2) is 63.1 Å². The smallest absolute Gasteiger partial charge is 0.295 e. The summed E-state index contributed by atoms with van der Waals surface area (Å²) in [6.07, 6.45) is 0.335. The Morgan fingerprint density at radius 3 is 2.11 bits per heavy atom. The molecule has 0 amide bonds. The van der Waals surface area contributed by atoms with Gasteiger partial charge in [0.25, 0.3) is 25.8 Å². The Balaban J connectivity index is 2.21. The Morgan fingerprint density at radius 2 is 1.54 bits per heavy atom. The van der Waals surface area contributed by atoms with Crippen LogP contribution in [0.5, 0.6) is 0 Å². The van der Waals surface area contributed by atoms with E-state index in [2.05, 4.69) is 5.10 Å². The van der Waals surface area contributed by atoms with E-state index in [1.54, 1.807) is 0 Å². The Morgan fingerprint density at radius 1 is 0.929 bits per heavy atom. The van der Waals surface area contributed by atoms with Crippen LogP contribution >= 0.6 is 0 Å². The molecular formula is C17H16N2O7S2. The second-order valence-corrected chi connectivity index (χ2v) is 8.93. The molecule has 0 fully saturated rings. The molecule has 11 heteroatoms. The number of hydrogen-bond donors (Lipinski definition) is 3. The Hall–Kier alpha value is -2.73. The number of nitrogens with one attached hydrogen (secondary N) is 1. The number of aromatic nitrogens is 2. The highest BCUT2D eigenvalue weighted by Gasteiger charge is 2.24. The number of H-pyrrole nitrogens is 1. The molecule has 0 atom stereocenters. The standard InChI is InChI=1S/C17H16N2O7S2/c1-11-7-16(28(24,25)26)14(10-15(11)27(21,22)23)19-17(20)9-13(18-19)8-12-5-3-2-4-6-12/h2-7,9-10,18H,8H2,1H3,(H,21,22,23)(H,24,25,26). The number of nitrogens with zero attached hydrogens (tertiary/aromatic N) is 1. The summed E-state index contributed by atoms with van der Waals surface area (Å²) in [6.45, 7) is 1.25. The van der Waals surface area contributed by atoms with E-state index in [1.165, 1.54) is 13.0 Å². The van der Waals surface area contributed by atoms with Gasteiger partial charge < -0.3 is 0 Å². The number of aryl methyl sites for hydroxylation is 1. The summed E-state index contributed by atoms with van der Waals surface area (Å²) in [5.74, 6) is 0. The molecule has 3 N–H and O–H groups in total. The molecular weight excluding hydrogens is 408 g/mol. The Labute approximate surface area is 160 Å². The minimum atomic E-state index is -4.79. The lowest BCUT2D eigenvalue weighted by Gasteiger charge is -2.12. The molecule has 148 valence electrons. The molecule has 28 heavy (non-hydrogen) atoms. The molecule has 0 unspecified atom stereocenters. The molecule has 0 bridgehead atoms. The summed E-state index contributed by atoms with van der Waals surface area (Å²) in [5, 5.41) is 2.71. The van der Waals surface area contributed by atoms with E-state index >= 15 is 0 Å². The lowest BCUT2D eigenvalue weighted by Crippen LogP contribution is -2.18. The monoisotopic (exact) mass is 424 g/mol. The van der Waals surface area contributed by atoms with Crippen molar-refractivity contribution < 1.29 is 25.9 Å². The van der Waals surface area contributed by atoms with E-state index < -0.39 is 41.3 Å². The summed E-state index contributed by atoms with van der Waals surface area (Å²) in [7, 11) is -9.48. The molecule has 3 rings (SSSR count). The third-order valence-corrected chi connectivity index (χ3v) is 5.94. The second kappa shape index (κ2) is 7.02. The molecule has 0 spiro atoms. The van der Waals surface area contributed by atoms with Crippen LogP contribution < -0.4 is 5.56 Å². The van der Waals surface area contributed by atoms with Crippen LogP contribution in [0.25, 0.3) is 5.69 Å². The molecule has 0 aliphatic carbocycles. The van der Waals surface area contributed by atoms with Gasteiger partial charge in [0.2, 0.25) is 0 Å². The van der Waals surface area contributed by atoms with Crippen molar-refractivity contribution in [2.75, 3.05) is 0 Å². The number of benzene rings is 2. The lowest BCUT2D eigenvalue weighted by atomic mass is 10.1. The third kappa shape index (κ3) is 4.07. The van der Waals surface area contributed by atoms with Crippen LogP contribution in [0.4, 0.5) is 0 Å². The largest absolute Gasteiger partial charge is 0.296 e. The molecule has 9 nitrogen and oxygen atoms in total. The fourth-order valence-corrected chi connectivity index (χ4v) is 4.31. The zero-order chi connectivity index (χ0) is 20.7. The predicted molar refractivity (Wildman–Crippen MR) is 100 cm³/mol. The first-order valence-corrected chi connectivity index (χ1v) is 10.8. The Bertz CT molecular complexity index is 1310. The molecule has 1 heterocycles. The molecule has 0 saturated carbocycles. The van der Waals surface area contributed by atoms with E-state index in [-0.39, 0.29) is 5.56 Å². The average molecular weight is 424 g/mol. The first-order valence-electron chi connectivity index (χ1n) is 7.91. The van der Waals surface area contributed by atoms with E-state index in [9.17, 15) is 30.7 Å². The van der Waals surface area contributed by atoms with Crippen LogP contribution in [0, 0.1) is 6.92 Å². The van der Waals surface area contributed by atoms with Gasteiger partial charge in [-0.15, -0.1) is 0 Å². The van der Waals surface area contributed by atoms with Crippen LogP contribution in [-0.2, 0) is 26.7 Å². The molecule has 1 aromatic heterocycles.